The number of benzene rings is 1. The lowest BCUT2D eigenvalue weighted by molar-refractivity contribution is 0.868. The molecule has 1 aromatic rings. The van der Waals surface area contributed by atoms with Gasteiger partial charge in [-0.15, -0.1) is 0 Å². The van der Waals surface area contributed by atoms with Crippen molar-refractivity contribution < 1.29 is 0 Å². The zero-order chi connectivity index (χ0) is 12.7. The summed E-state index contributed by atoms with van der Waals surface area (Å²) in [7, 11) is 0. The monoisotopic (exact) mass is 234 g/mol. The Morgan fingerprint density at radius 2 is 1.94 bits per heavy atom. The molecule has 0 aromatic heterocycles. The minimum absolute atomic E-state index is 0.445. The van der Waals surface area contributed by atoms with Crippen molar-refractivity contribution in [2.75, 3.05) is 0 Å². The van der Waals surface area contributed by atoms with Gasteiger partial charge in [-0.3, -0.25) is 0 Å². The molecule has 2 aliphatic rings. The summed E-state index contributed by atoms with van der Waals surface area (Å²) >= 11 is 0. The quantitative estimate of drug-likeness (QED) is 0.618. The van der Waals surface area contributed by atoms with E-state index in [1.807, 2.05) is 0 Å². The lowest BCUT2D eigenvalue weighted by Crippen LogP contribution is -1.90. The lowest BCUT2D eigenvalue weighted by Gasteiger charge is -2.03. The molecular weight excluding hydrogens is 216 g/mol. The molecule has 0 bridgehead atoms. The Morgan fingerprint density at radius 1 is 1.17 bits per heavy atom. The summed E-state index contributed by atoms with van der Waals surface area (Å²) in [5.41, 5.74) is 8.10. The fourth-order valence-electron chi connectivity index (χ4n) is 2.80. The molecule has 1 aromatic carbocycles. The van der Waals surface area contributed by atoms with E-state index in [9.17, 15) is 0 Å². The Kier molecular flexibility index (Phi) is 2.59. The highest BCUT2D eigenvalue weighted by molar-refractivity contribution is 5.67. The molecule has 0 N–H and O–H groups in total. The minimum Gasteiger partial charge on any atom is -0.0989 e. The Hall–Kier alpha value is -1.82. The van der Waals surface area contributed by atoms with E-state index in [0.717, 1.165) is 12.8 Å². The van der Waals surface area contributed by atoms with Gasteiger partial charge in [-0.05, 0) is 40.7 Å². The van der Waals surface area contributed by atoms with E-state index in [1.54, 1.807) is 0 Å². The summed E-state index contributed by atoms with van der Waals surface area (Å²) in [6.45, 7) is 10.5. The average Bonchev–Trinajstić information content (AvgIpc) is 2.87. The van der Waals surface area contributed by atoms with Crippen molar-refractivity contribution in [2.45, 2.75) is 19.8 Å². The summed E-state index contributed by atoms with van der Waals surface area (Å²) in [4.78, 5) is 0. The molecule has 18 heavy (non-hydrogen) atoms. The van der Waals surface area contributed by atoms with Crippen LogP contribution in [0.5, 0.6) is 0 Å². The van der Waals surface area contributed by atoms with Crippen molar-refractivity contribution in [1.29, 1.82) is 0 Å². The molecule has 0 nitrogen and oxygen atoms in total. The maximum atomic E-state index is 4.20. The van der Waals surface area contributed by atoms with Crippen LogP contribution < -0.4 is 0 Å². The normalized spacial score (nSPS) is 24.6. The Labute approximate surface area is 109 Å². The topological polar surface area (TPSA) is 0 Å². The van der Waals surface area contributed by atoms with Crippen LogP contribution in [0.25, 0.3) is 6.08 Å². The van der Waals surface area contributed by atoms with Crippen molar-refractivity contribution in [3.8, 4) is 0 Å². The summed E-state index contributed by atoms with van der Waals surface area (Å²) in [6, 6.07) is 8.61. The fourth-order valence-corrected chi connectivity index (χ4v) is 2.80. The second-order valence-electron chi connectivity index (χ2n) is 5.35. The molecule has 0 radical (unpaired) electrons. The van der Waals surface area contributed by atoms with Gasteiger partial charge in [0.1, 0.15) is 0 Å². The molecular formula is C18H18. The van der Waals surface area contributed by atoms with E-state index in [1.165, 1.54) is 33.4 Å². The predicted molar refractivity (Wildman–Crippen MR) is 78.3 cm³/mol. The van der Waals surface area contributed by atoms with Crippen molar-refractivity contribution in [2.24, 2.45) is 5.92 Å². The van der Waals surface area contributed by atoms with E-state index in [-0.39, 0.29) is 0 Å². The minimum atomic E-state index is 0.445. The highest BCUT2D eigenvalue weighted by Crippen LogP contribution is 2.39. The first-order valence-electron chi connectivity index (χ1n) is 6.51. The molecule has 1 unspecified atom stereocenters. The number of hydrogen-bond acceptors (Lipinski definition) is 0. The molecule has 0 heteroatoms. The molecule has 0 amide bonds. The second-order valence-corrected chi connectivity index (χ2v) is 5.35. The first-order chi connectivity index (χ1) is 8.65. The van der Waals surface area contributed by atoms with Gasteiger partial charge in [0.15, 0.2) is 0 Å². The summed E-state index contributed by atoms with van der Waals surface area (Å²) in [6.07, 6.45) is 6.65. The van der Waals surface area contributed by atoms with Gasteiger partial charge in [-0.2, -0.15) is 0 Å². The van der Waals surface area contributed by atoms with Crippen LogP contribution in [-0.4, -0.2) is 0 Å². The van der Waals surface area contributed by atoms with Gasteiger partial charge in [-0.1, -0.05) is 62.1 Å². The Balaban J connectivity index is 1.88. The smallest absolute Gasteiger partial charge is 0.00174 e. The predicted octanol–water partition coefficient (Wildman–Crippen LogP) is 4.70. The SMILES string of the molecule is C=C1C/C(=C\C2=Cc3ccccc3C2)C(=C)C1C. The van der Waals surface area contributed by atoms with Crippen molar-refractivity contribution >= 4 is 6.08 Å². The van der Waals surface area contributed by atoms with Crippen molar-refractivity contribution in [3.63, 3.8) is 0 Å². The second kappa shape index (κ2) is 4.13. The average molecular weight is 234 g/mol. The molecule has 1 fully saturated rings. The van der Waals surface area contributed by atoms with Gasteiger partial charge in [0.25, 0.3) is 0 Å². The van der Waals surface area contributed by atoms with Crippen molar-refractivity contribution in [1.82, 2.24) is 0 Å². The van der Waals surface area contributed by atoms with Gasteiger partial charge < -0.3 is 0 Å². The third kappa shape index (κ3) is 1.78. The number of rotatable bonds is 1. The van der Waals surface area contributed by atoms with Crippen LogP contribution >= 0.6 is 0 Å². The maximum Gasteiger partial charge on any atom is 0.00174 e. The van der Waals surface area contributed by atoms with Gasteiger partial charge in [-0.25, -0.2) is 0 Å². The van der Waals surface area contributed by atoms with Gasteiger partial charge in [0.2, 0.25) is 0 Å². The first-order valence-corrected chi connectivity index (χ1v) is 6.51. The number of hydrogen-bond donors (Lipinski definition) is 0. The molecule has 2 aliphatic carbocycles. The van der Waals surface area contributed by atoms with E-state index in [0.29, 0.717) is 5.92 Å². The van der Waals surface area contributed by atoms with Crippen LogP contribution in [0.3, 0.4) is 0 Å². The third-order valence-corrected chi connectivity index (χ3v) is 4.12. The van der Waals surface area contributed by atoms with E-state index in [2.05, 4.69) is 56.5 Å². The third-order valence-electron chi connectivity index (χ3n) is 4.12. The van der Waals surface area contributed by atoms with Crippen LogP contribution in [0.1, 0.15) is 24.5 Å². The lowest BCUT2D eigenvalue weighted by atomic mass is 10.0. The molecule has 0 saturated heterocycles. The van der Waals surface area contributed by atoms with Crippen LogP contribution in [0.4, 0.5) is 0 Å². The Morgan fingerprint density at radius 3 is 2.61 bits per heavy atom. The molecule has 1 saturated carbocycles. The molecule has 90 valence electrons. The fraction of sp³-hybridized carbons (Fsp3) is 0.222. The molecule has 0 heterocycles. The molecule has 0 aliphatic heterocycles. The van der Waals surface area contributed by atoms with Gasteiger partial charge in [0, 0.05) is 5.92 Å². The highest BCUT2D eigenvalue weighted by Gasteiger charge is 2.23. The van der Waals surface area contributed by atoms with E-state index < -0.39 is 0 Å². The van der Waals surface area contributed by atoms with E-state index in [4.69, 9.17) is 0 Å². The van der Waals surface area contributed by atoms with E-state index >= 15 is 0 Å². The Bertz CT molecular complexity index is 596. The highest BCUT2D eigenvalue weighted by atomic mass is 14.3. The molecule has 1 atom stereocenters. The maximum absolute atomic E-state index is 4.20. The van der Waals surface area contributed by atoms with Crippen LogP contribution in [0.15, 0.2) is 65.8 Å². The van der Waals surface area contributed by atoms with Gasteiger partial charge >= 0.3 is 0 Å². The number of fused-ring (bicyclic) bond motifs is 1. The molecule has 3 rings (SSSR count). The van der Waals surface area contributed by atoms with Crippen LogP contribution in [-0.2, 0) is 6.42 Å². The van der Waals surface area contributed by atoms with Crippen LogP contribution in [0, 0.1) is 5.92 Å². The summed E-state index contributed by atoms with van der Waals surface area (Å²) in [5.74, 6) is 0.445. The number of allylic oxidation sites excluding steroid dienone is 5. The summed E-state index contributed by atoms with van der Waals surface area (Å²) in [5, 5.41) is 0. The largest absolute Gasteiger partial charge is 0.0989 e. The van der Waals surface area contributed by atoms with Crippen LogP contribution in [0.2, 0.25) is 0 Å². The standard InChI is InChI=1S/C18H18/c1-12-8-18(14(3)13(12)2)11-15-9-16-6-4-5-7-17(16)10-15/h4-7,9,11,13H,1,3,8,10H2,2H3/b18-11+. The molecule has 0 spiro atoms. The first kappa shape index (κ1) is 11.3. The summed E-state index contributed by atoms with van der Waals surface area (Å²) < 4.78 is 0. The zero-order valence-corrected chi connectivity index (χ0v) is 10.9. The van der Waals surface area contributed by atoms with Gasteiger partial charge in [0.05, 0.1) is 0 Å². The van der Waals surface area contributed by atoms with Crippen molar-refractivity contribution in [3.05, 3.63) is 76.9 Å². The zero-order valence-electron chi connectivity index (χ0n) is 10.9.